The second-order valence-corrected chi connectivity index (χ2v) is 7.93. The largest absolute Gasteiger partial charge is 0.383 e. The predicted octanol–water partition coefficient (Wildman–Crippen LogP) is 2.69. The Morgan fingerprint density at radius 3 is 2.71 bits per heavy atom. The number of benzene rings is 1. The molecule has 174 valence electrons. The van der Waals surface area contributed by atoms with Gasteiger partial charge in [-0.1, -0.05) is 18.2 Å². The van der Waals surface area contributed by atoms with Crippen LogP contribution in [0.5, 0.6) is 0 Å². The number of ether oxygens (including phenoxy) is 1. The first-order valence-corrected chi connectivity index (χ1v) is 10.9. The van der Waals surface area contributed by atoms with Gasteiger partial charge in [0.15, 0.2) is 17.3 Å². The molecule has 0 radical (unpaired) electrons. The van der Waals surface area contributed by atoms with E-state index in [4.69, 9.17) is 10.1 Å². The van der Waals surface area contributed by atoms with Gasteiger partial charge in [0, 0.05) is 63.6 Å². The first-order chi connectivity index (χ1) is 16.6. The molecule has 0 saturated heterocycles. The first-order valence-electron chi connectivity index (χ1n) is 10.9. The van der Waals surface area contributed by atoms with Gasteiger partial charge in [-0.3, -0.25) is 4.99 Å². The zero-order valence-electron chi connectivity index (χ0n) is 19.5. The summed E-state index contributed by atoms with van der Waals surface area (Å²) < 4.78 is 6.77. The summed E-state index contributed by atoms with van der Waals surface area (Å²) in [5, 5.41) is 20.9. The van der Waals surface area contributed by atoms with Crippen molar-refractivity contribution >= 4 is 23.9 Å². The SMILES string of the molecule is COCCN=CC(C=N)c1cnc(-c2cccc(Cc3nnc4ccc(N(C)C)nn34)c2)nc1. The van der Waals surface area contributed by atoms with Gasteiger partial charge in [-0.25, -0.2) is 9.97 Å². The third kappa shape index (κ3) is 5.29. The van der Waals surface area contributed by atoms with Gasteiger partial charge >= 0.3 is 0 Å². The molecule has 4 aromatic rings. The zero-order chi connectivity index (χ0) is 23.9. The lowest BCUT2D eigenvalue weighted by molar-refractivity contribution is 0.208. The summed E-state index contributed by atoms with van der Waals surface area (Å²) in [6.45, 7) is 1.10. The maximum absolute atomic E-state index is 7.69. The van der Waals surface area contributed by atoms with Gasteiger partial charge in [-0.2, -0.15) is 4.52 Å². The summed E-state index contributed by atoms with van der Waals surface area (Å²) in [6.07, 6.45) is 7.11. The van der Waals surface area contributed by atoms with Crippen molar-refractivity contribution in [3.63, 3.8) is 0 Å². The topological polar surface area (TPSA) is 118 Å². The molecule has 1 aromatic carbocycles. The van der Waals surface area contributed by atoms with Gasteiger partial charge in [0.1, 0.15) is 5.82 Å². The van der Waals surface area contributed by atoms with Gasteiger partial charge in [0.2, 0.25) is 0 Å². The van der Waals surface area contributed by atoms with Crippen molar-refractivity contribution in [2.75, 3.05) is 39.3 Å². The number of anilines is 1. The number of rotatable bonds is 10. The highest BCUT2D eigenvalue weighted by Crippen LogP contribution is 2.20. The van der Waals surface area contributed by atoms with E-state index in [2.05, 4.69) is 30.3 Å². The Morgan fingerprint density at radius 1 is 1.15 bits per heavy atom. The van der Waals surface area contributed by atoms with Crippen molar-refractivity contribution in [3.05, 3.63) is 65.7 Å². The normalized spacial score (nSPS) is 12.3. The van der Waals surface area contributed by atoms with Crippen LogP contribution in [-0.2, 0) is 11.2 Å². The van der Waals surface area contributed by atoms with Gasteiger partial charge in [-0.05, 0) is 23.8 Å². The maximum atomic E-state index is 7.69. The lowest BCUT2D eigenvalue weighted by Crippen LogP contribution is -2.13. The van der Waals surface area contributed by atoms with Crippen molar-refractivity contribution in [1.82, 2.24) is 29.8 Å². The minimum absolute atomic E-state index is 0.266. The highest BCUT2D eigenvalue weighted by atomic mass is 16.5. The molecule has 0 aliphatic rings. The summed E-state index contributed by atoms with van der Waals surface area (Å²) >= 11 is 0. The van der Waals surface area contributed by atoms with Crippen molar-refractivity contribution < 1.29 is 4.74 Å². The molecule has 1 unspecified atom stereocenters. The van der Waals surface area contributed by atoms with Crippen LogP contribution in [-0.4, -0.2) is 76.6 Å². The van der Waals surface area contributed by atoms with Gasteiger partial charge < -0.3 is 15.0 Å². The monoisotopic (exact) mass is 457 g/mol. The molecule has 3 aromatic heterocycles. The Balaban J connectivity index is 1.53. The van der Waals surface area contributed by atoms with Crippen molar-refractivity contribution in [1.29, 1.82) is 5.41 Å². The number of nitrogens with one attached hydrogen (secondary N) is 1. The number of methoxy groups -OCH3 is 1. The van der Waals surface area contributed by atoms with E-state index in [0.717, 1.165) is 28.3 Å². The Labute approximate surface area is 197 Å². The number of fused-ring (bicyclic) bond motifs is 1. The third-order valence-electron chi connectivity index (χ3n) is 5.25. The predicted molar refractivity (Wildman–Crippen MR) is 132 cm³/mol. The Morgan fingerprint density at radius 2 is 1.97 bits per heavy atom. The van der Waals surface area contributed by atoms with Crippen LogP contribution in [0.1, 0.15) is 22.9 Å². The molecular weight excluding hydrogens is 430 g/mol. The highest BCUT2D eigenvalue weighted by Gasteiger charge is 2.12. The summed E-state index contributed by atoms with van der Waals surface area (Å²) in [5.74, 6) is 1.94. The van der Waals surface area contributed by atoms with Crippen LogP contribution < -0.4 is 4.90 Å². The quantitative estimate of drug-likeness (QED) is 0.287. The van der Waals surface area contributed by atoms with Crippen molar-refractivity contribution in [2.24, 2.45) is 4.99 Å². The Hall–Kier alpha value is -4.05. The number of aromatic nitrogens is 6. The second kappa shape index (κ2) is 10.7. The molecule has 4 rings (SSSR count). The Bertz CT molecular complexity index is 1280. The van der Waals surface area contributed by atoms with Crippen molar-refractivity contribution in [3.8, 4) is 11.4 Å². The second-order valence-electron chi connectivity index (χ2n) is 7.93. The smallest absolute Gasteiger partial charge is 0.178 e. The molecule has 0 aliphatic carbocycles. The molecule has 0 amide bonds. The molecule has 0 spiro atoms. The summed E-state index contributed by atoms with van der Waals surface area (Å²) in [4.78, 5) is 15.3. The van der Waals surface area contributed by atoms with Gasteiger partial charge in [0.25, 0.3) is 0 Å². The maximum Gasteiger partial charge on any atom is 0.178 e. The summed E-state index contributed by atoms with van der Waals surface area (Å²) in [5.41, 5.74) is 3.48. The van der Waals surface area contributed by atoms with E-state index in [1.165, 1.54) is 6.21 Å². The van der Waals surface area contributed by atoms with Crippen LogP contribution in [0.3, 0.4) is 0 Å². The zero-order valence-corrected chi connectivity index (χ0v) is 19.5. The molecule has 0 bridgehead atoms. The fourth-order valence-electron chi connectivity index (χ4n) is 3.39. The highest BCUT2D eigenvalue weighted by molar-refractivity contribution is 5.88. The summed E-state index contributed by atoms with van der Waals surface area (Å²) in [6, 6.07) is 11.9. The van der Waals surface area contributed by atoms with Crippen LogP contribution in [0, 0.1) is 5.41 Å². The van der Waals surface area contributed by atoms with E-state index < -0.39 is 0 Å². The molecule has 1 N–H and O–H groups in total. The lowest BCUT2D eigenvalue weighted by atomic mass is 10.0. The minimum Gasteiger partial charge on any atom is -0.383 e. The minimum atomic E-state index is -0.266. The fourth-order valence-corrected chi connectivity index (χ4v) is 3.39. The molecule has 3 heterocycles. The van der Waals surface area contributed by atoms with E-state index in [-0.39, 0.29) is 5.92 Å². The van der Waals surface area contributed by atoms with Crippen molar-refractivity contribution in [2.45, 2.75) is 12.3 Å². The molecule has 10 nitrogen and oxygen atoms in total. The standard InChI is InChI=1S/C24H27N9O/c1-32(2)22-8-7-21-29-30-23(33(21)31-22)12-17-5-4-6-18(11-17)24-27-15-20(16-28-24)19(13-25)14-26-9-10-34-3/h4-8,11,13-16,19,25H,9-10,12H2,1-3H3. The van der Waals surface area contributed by atoms with Crippen LogP contribution >= 0.6 is 0 Å². The van der Waals surface area contributed by atoms with E-state index in [1.807, 2.05) is 55.4 Å². The van der Waals surface area contributed by atoms with Gasteiger partial charge in [-0.15, -0.1) is 15.3 Å². The average Bonchev–Trinajstić information content (AvgIpc) is 3.26. The van der Waals surface area contributed by atoms with Gasteiger partial charge in [0.05, 0.1) is 19.1 Å². The average molecular weight is 458 g/mol. The number of nitrogens with zero attached hydrogens (tertiary/aromatic N) is 8. The molecule has 1 atom stereocenters. The van der Waals surface area contributed by atoms with Crippen LogP contribution in [0.2, 0.25) is 0 Å². The number of aliphatic imine (C=N–C) groups is 1. The van der Waals surface area contributed by atoms with E-state index in [1.54, 1.807) is 30.2 Å². The molecule has 0 saturated carbocycles. The van der Waals surface area contributed by atoms with E-state index in [0.29, 0.717) is 31.0 Å². The molecule has 34 heavy (non-hydrogen) atoms. The fraction of sp³-hybridized carbons (Fsp3) is 0.292. The lowest BCUT2D eigenvalue weighted by Gasteiger charge is -2.11. The third-order valence-corrected chi connectivity index (χ3v) is 5.25. The Kier molecular flexibility index (Phi) is 7.28. The number of hydrogen-bond acceptors (Lipinski definition) is 9. The molecular formula is C24H27N9O. The van der Waals surface area contributed by atoms with Crippen LogP contribution in [0.4, 0.5) is 5.82 Å². The van der Waals surface area contributed by atoms with E-state index >= 15 is 0 Å². The molecule has 0 fully saturated rings. The van der Waals surface area contributed by atoms with E-state index in [9.17, 15) is 0 Å². The molecule has 0 aliphatic heterocycles. The van der Waals surface area contributed by atoms with Crippen LogP contribution in [0.25, 0.3) is 17.0 Å². The number of hydrogen-bond donors (Lipinski definition) is 1. The molecule has 10 heteroatoms. The van der Waals surface area contributed by atoms with Crippen LogP contribution in [0.15, 0.2) is 53.8 Å². The summed E-state index contributed by atoms with van der Waals surface area (Å²) in [7, 11) is 5.54. The first kappa shape index (κ1) is 23.1.